The van der Waals surface area contributed by atoms with E-state index in [1.54, 1.807) is 20.8 Å². The number of benzene rings is 1. The van der Waals surface area contributed by atoms with Gasteiger partial charge in [-0.05, 0) is 47.5 Å². The molecule has 1 unspecified atom stereocenters. The van der Waals surface area contributed by atoms with Gasteiger partial charge in [-0.1, -0.05) is 84.2 Å². The molecule has 0 bridgehead atoms. The third-order valence-electron chi connectivity index (χ3n) is 10.4. The molecular weight excluding hydrogens is 659 g/mol. The third-order valence-corrected chi connectivity index (χ3v) is 10.4. The first-order chi connectivity index (χ1) is 23.2. The molecule has 3 aliphatic rings. The third kappa shape index (κ3) is 8.76. The smallest absolute Gasteiger partial charge is 0.389 e. The lowest BCUT2D eigenvalue weighted by molar-refractivity contribution is -0.154. The molecule has 2 saturated carbocycles. The molecule has 12 nitrogen and oxygen atoms in total. The van der Waals surface area contributed by atoms with Crippen LogP contribution in [0.4, 0.5) is 18.0 Å². The number of ketones is 1. The van der Waals surface area contributed by atoms with Gasteiger partial charge in [0.1, 0.15) is 24.2 Å². The lowest BCUT2D eigenvalue weighted by Crippen LogP contribution is -2.64. The van der Waals surface area contributed by atoms with E-state index in [0.29, 0.717) is 25.7 Å². The zero-order chi connectivity index (χ0) is 37.2. The number of alkyl halides is 3. The number of hydrogen-bond acceptors (Lipinski definition) is 7. The Hall–Kier alpha value is -4.17. The number of halogens is 3. The van der Waals surface area contributed by atoms with Crippen molar-refractivity contribution in [1.29, 1.82) is 0 Å². The van der Waals surface area contributed by atoms with E-state index in [9.17, 15) is 41.9 Å². The van der Waals surface area contributed by atoms with Crippen molar-refractivity contribution in [3.63, 3.8) is 0 Å². The number of carbonyl (C=O) groups excluding carboxylic acids is 6. The molecule has 1 aromatic rings. The number of nitrogens with zero attached hydrogens (tertiary/aromatic N) is 1. The molecule has 50 heavy (non-hydrogen) atoms. The van der Waals surface area contributed by atoms with E-state index in [-0.39, 0.29) is 19.1 Å². The largest absolute Gasteiger partial charge is 0.459 e. The van der Waals surface area contributed by atoms with Crippen LogP contribution in [0.3, 0.4) is 0 Å². The molecule has 3 fully saturated rings. The highest BCUT2D eigenvalue weighted by Crippen LogP contribution is 2.65. The number of nitrogens with two attached hydrogens (primary N) is 1. The van der Waals surface area contributed by atoms with Crippen molar-refractivity contribution in [3.05, 3.63) is 35.9 Å². The molecule has 1 aliphatic heterocycles. The number of piperidine rings is 1. The highest BCUT2D eigenvalue weighted by molar-refractivity contribution is 6.37. The Morgan fingerprint density at radius 3 is 2.16 bits per heavy atom. The van der Waals surface area contributed by atoms with Crippen LogP contribution in [0.1, 0.15) is 85.1 Å². The summed E-state index contributed by atoms with van der Waals surface area (Å²) in [6.07, 6.45) is -4.12. The first-order valence-electron chi connectivity index (χ1n) is 17.0. The highest BCUT2D eigenvalue weighted by atomic mass is 19.4. The zero-order valence-corrected chi connectivity index (χ0v) is 29.2. The lowest BCUT2D eigenvalue weighted by Gasteiger charge is -2.39. The Balaban J connectivity index is 1.53. The normalized spacial score (nSPS) is 23.4. The number of hydrogen-bond donors (Lipinski definition) is 4. The van der Waals surface area contributed by atoms with E-state index in [1.165, 1.54) is 4.90 Å². The monoisotopic (exact) mass is 707 g/mol. The van der Waals surface area contributed by atoms with Gasteiger partial charge in [0.05, 0.1) is 6.04 Å². The standard InChI is InChI=1S/C35H48F3N5O7/c1-32(2,3)26(41-31(49)42-34(15-10-7-11-16-34)30(48)50-19-20-12-8-6-9-13-20)29(47)43-18-21-23(33(21,4)5)24(43)28(46)40-22(25(44)27(39)45)14-17-35(36,37)38/h6,8-9,12-13,21-24,26H,7,10-11,14-19H2,1-5H3,(H2,39,45)(H,40,46)(H2,41,42,49)/t21-,22?,23-,24-,26+/m0/s1. The van der Waals surface area contributed by atoms with E-state index in [2.05, 4.69) is 16.0 Å². The number of carbonyl (C=O) groups is 6. The van der Waals surface area contributed by atoms with E-state index >= 15 is 0 Å². The SMILES string of the molecule is CC(C)(C)[C@H](NC(=O)NC1(C(=O)OCc2ccccc2)CCCCC1)C(=O)N1C[C@H]2[C@@H]([C@H]1C(=O)NC(CCC(F)(F)F)C(=O)C(N)=O)C2(C)C. The van der Waals surface area contributed by atoms with E-state index in [1.807, 2.05) is 44.2 Å². The fraction of sp³-hybridized carbons (Fsp3) is 0.657. The number of likely N-dealkylation sites (tertiary alicyclic amines) is 1. The van der Waals surface area contributed by atoms with Gasteiger partial charge in [-0.3, -0.25) is 19.2 Å². The Kier molecular flexibility index (Phi) is 11.3. The fourth-order valence-corrected chi connectivity index (χ4v) is 7.41. The minimum absolute atomic E-state index is 0.0209. The number of urea groups is 1. The average molecular weight is 708 g/mol. The van der Waals surface area contributed by atoms with Crippen molar-refractivity contribution in [2.75, 3.05) is 6.54 Å². The molecule has 15 heteroatoms. The summed E-state index contributed by atoms with van der Waals surface area (Å²) in [5, 5.41) is 7.81. The first-order valence-corrected chi connectivity index (χ1v) is 17.0. The minimum Gasteiger partial charge on any atom is -0.459 e. The summed E-state index contributed by atoms with van der Waals surface area (Å²) >= 11 is 0. The van der Waals surface area contributed by atoms with Gasteiger partial charge < -0.3 is 31.3 Å². The topological polar surface area (TPSA) is 177 Å². The summed E-state index contributed by atoms with van der Waals surface area (Å²) in [5.41, 5.74) is 3.24. The molecular formula is C35H48F3N5O7. The predicted molar refractivity (Wildman–Crippen MR) is 175 cm³/mol. The van der Waals surface area contributed by atoms with Crippen LogP contribution in [-0.2, 0) is 35.3 Å². The van der Waals surface area contributed by atoms with E-state index < -0.39 is 94.9 Å². The van der Waals surface area contributed by atoms with Crippen LogP contribution in [0.5, 0.6) is 0 Å². The Labute approximate surface area is 289 Å². The second kappa shape index (κ2) is 14.6. The molecule has 2 aliphatic carbocycles. The number of nitrogens with one attached hydrogen (secondary N) is 3. The molecule has 5 N–H and O–H groups in total. The summed E-state index contributed by atoms with van der Waals surface area (Å²) in [4.78, 5) is 80.5. The number of amides is 5. The van der Waals surface area contributed by atoms with Crippen LogP contribution in [0, 0.1) is 22.7 Å². The van der Waals surface area contributed by atoms with Crippen molar-refractivity contribution in [2.45, 2.75) is 116 Å². The number of fused-ring (bicyclic) bond motifs is 1. The molecule has 276 valence electrons. The van der Waals surface area contributed by atoms with Crippen LogP contribution in [0.25, 0.3) is 0 Å². The van der Waals surface area contributed by atoms with Crippen LogP contribution in [-0.4, -0.2) is 76.8 Å². The van der Waals surface area contributed by atoms with Crippen molar-refractivity contribution in [1.82, 2.24) is 20.9 Å². The predicted octanol–water partition coefficient (Wildman–Crippen LogP) is 3.51. The number of Topliss-reactive ketones (excluding diaryl/α,β-unsaturated/α-hetero) is 1. The fourth-order valence-electron chi connectivity index (χ4n) is 7.41. The van der Waals surface area contributed by atoms with Crippen molar-refractivity contribution >= 4 is 35.5 Å². The number of primary amides is 1. The van der Waals surface area contributed by atoms with Gasteiger partial charge in [0.25, 0.3) is 5.91 Å². The van der Waals surface area contributed by atoms with Crippen molar-refractivity contribution in [3.8, 4) is 0 Å². The second-order valence-corrected chi connectivity index (χ2v) is 15.4. The molecule has 5 amide bonds. The van der Waals surface area contributed by atoms with Gasteiger partial charge in [-0.25, -0.2) is 9.59 Å². The Morgan fingerprint density at radius 1 is 0.980 bits per heavy atom. The van der Waals surface area contributed by atoms with Crippen LogP contribution >= 0.6 is 0 Å². The lowest BCUT2D eigenvalue weighted by atomic mass is 9.81. The quantitative estimate of drug-likeness (QED) is 0.190. The number of esters is 1. The maximum Gasteiger partial charge on any atom is 0.389 e. The molecule has 0 aromatic heterocycles. The number of rotatable bonds is 12. The average Bonchev–Trinajstić information content (AvgIpc) is 3.34. The van der Waals surface area contributed by atoms with Gasteiger partial charge in [-0.2, -0.15) is 13.2 Å². The highest BCUT2D eigenvalue weighted by Gasteiger charge is 2.70. The van der Waals surface area contributed by atoms with Crippen LogP contribution in [0.2, 0.25) is 0 Å². The van der Waals surface area contributed by atoms with Crippen molar-refractivity contribution < 1.29 is 46.7 Å². The zero-order valence-electron chi connectivity index (χ0n) is 29.2. The van der Waals surface area contributed by atoms with Gasteiger partial charge >= 0.3 is 18.2 Å². The molecule has 5 atom stereocenters. The molecule has 1 aromatic carbocycles. The van der Waals surface area contributed by atoms with Gasteiger partial charge in [-0.15, -0.1) is 0 Å². The summed E-state index contributed by atoms with van der Waals surface area (Å²) in [6.45, 7) is 9.09. The minimum atomic E-state index is -4.67. The molecule has 1 saturated heterocycles. The van der Waals surface area contributed by atoms with Crippen LogP contribution in [0.15, 0.2) is 30.3 Å². The maximum absolute atomic E-state index is 14.3. The maximum atomic E-state index is 14.3. The van der Waals surface area contributed by atoms with Gasteiger partial charge in [0, 0.05) is 13.0 Å². The molecule has 0 spiro atoms. The van der Waals surface area contributed by atoms with Crippen LogP contribution < -0.4 is 21.7 Å². The second-order valence-electron chi connectivity index (χ2n) is 15.4. The Morgan fingerprint density at radius 2 is 1.60 bits per heavy atom. The summed E-state index contributed by atoms with van der Waals surface area (Å²) in [7, 11) is 0. The summed E-state index contributed by atoms with van der Waals surface area (Å²) in [5.74, 6) is -5.50. The van der Waals surface area contributed by atoms with Gasteiger partial charge in [0.15, 0.2) is 0 Å². The first kappa shape index (κ1) is 38.6. The van der Waals surface area contributed by atoms with Crippen molar-refractivity contribution in [2.24, 2.45) is 28.4 Å². The van der Waals surface area contributed by atoms with E-state index in [0.717, 1.165) is 12.0 Å². The molecule has 4 rings (SSSR count). The number of ether oxygens (including phenoxy) is 1. The van der Waals surface area contributed by atoms with Gasteiger partial charge in [0.2, 0.25) is 17.6 Å². The summed E-state index contributed by atoms with van der Waals surface area (Å²) in [6, 6.07) is 4.11. The summed E-state index contributed by atoms with van der Waals surface area (Å²) < 4.78 is 44.7. The molecule has 0 radical (unpaired) electrons. The Bertz CT molecular complexity index is 1470. The molecule has 1 heterocycles. The van der Waals surface area contributed by atoms with E-state index in [4.69, 9.17) is 10.5 Å².